The van der Waals surface area contributed by atoms with Crippen LogP contribution in [0.1, 0.15) is 21.9 Å². The van der Waals surface area contributed by atoms with Gasteiger partial charge in [0.05, 0.1) is 20.2 Å². The minimum Gasteiger partial charge on any atom is -0.464 e. The number of methoxy groups -OCH3 is 1. The average Bonchev–Trinajstić information content (AvgIpc) is 3.06. The van der Waals surface area contributed by atoms with E-state index in [-0.39, 0.29) is 5.97 Å². The van der Waals surface area contributed by atoms with Gasteiger partial charge in [0.2, 0.25) is 0 Å². The number of nitrogens with zero attached hydrogens (tertiary/aromatic N) is 4. The van der Waals surface area contributed by atoms with Gasteiger partial charge in [-0.05, 0) is 11.6 Å². The Bertz CT molecular complexity index is 588. The first-order valence-corrected chi connectivity index (χ1v) is 6.11. The lowest BCUT2D eigenvalue weighted by atomic mass is 10.2. The lowest BCUT2D eigenvalue weighted by Gasteiger charge is -2.26. The molecule has 1 aliphatic rings. The van der Waals surface area contributed by atoms with Gasteiger partial charge in [-0.2, -0.15) is 5.10 Å². The topological polar surface area (TPSA) is 76.0 Å². The summed E-state index contributed by atoms with van der Waals surface area (Å²) in [6.07, 6.45) is 3.43. The van der Waals surface area contributed by atoms with Crippen LogP contribution in [0.3, 0.4) is 0 Å². The molecule has 7 heteroatoms. The Morgan fingerprint density at radius 1 is 1.53 bits per heavy atom. The van der Waals surface area contributed by atoms with E-state index < -0.39 is 0 Å². The van der Waals surface area contributed by atoms with Gasteiger partial charge in [-0.25, -0.2) is 14.5 Å². The van der Waals surface area contributed by atoms with E-state index in [0.717, 1.165) is 37.6 Å². The SMILES string of the molecule is COC(=O)c1cc(CN2CCn3ncnc3C2)c[nH]1. The summed E-state index contributed by atoms with van der Waals surface area (Å²) in [5, 5.41) is 4.15. The molecule has 0 saturated heterocycles. The number of carbonyl (C=O) groups excluding carboxylic acids is 1. The standard InChI is InChI=1S/C12H15N5O2/c1-19-12(18)10-4-9(5-13-10)6-16-2-3-17-11(7-16)14-8-15-17/h4-5,8,13H,2-3,6-7H2,1H3. The molecule has 2 aromatic heterocycles. The van der Waals surface area contributed by atoms with E-state index in [9.17, 15) is 4.79 Å². The van der Waals surface area contributed by atoms with Crippen molar-refractivity contribution in [2.24, 2.45) is 0 Å². The summed E-state index contributed by atoms with van der Waals surface area (Å²) in [5.74, 6) is 0.639. The van der Waals surface area contributed by atoms with Crippen LogP contribution in [-0.2, 0) is 24.4 Å². The van der Waals surface area contributed by atoms with Crippen LogP contribution < -0.4 is 0 Å². The first kappa shape index (κ1) is 11.9. The third kappa shape index (κ3) is 2.37. The van der Waals surface area contributed by atoms with E-state index in [1.54, 1.807) is 6.33 Å². The zero-order valence-electron chi connectivity index (χ0n) is 10.7. The number of ether oxygens (including phenoxy) is 1. The Kier molecular flexibility index (Phi) is 3.04. The average molecular weight is 261 g/mol. The molecule has 0 atom stereocenters. The fourth-order valence-electron chi connectivity index (χ4n) is 2.26. The molecule has 0 unspecified atom stereocenters. The van der Waals surface area contributed by atoms with Crippen molar-refractivity contribution in [2.45, 2.75) is 19.6 Å². The van der Waals surface area contributed by atoms with Crippen molar-refractivity contribution in [1.29, 1.82) is 0 Å². The number of esters is 1. The molecule has 7 nitrogen and oxygen atoms in total. The molecule has 2 aromatic rings. The fourth-order valence-corrected chi connectivity index (χ4v) is 2.26. The van der Waals surface area contributed by atoms with Crippen molar-refractivity contribution in [1.82, 2.24) is 24.6 Å². The van der Waals surface area contributed by atoms with Gasteiger partial charge in [0.1, 0.15) is 17.8 Å². The highest BCUT2D eigenvalue weighted by Gasteiger charge is 2.18. The van der Waals surface area contributed by atoms with Gasteiger partial charge in [0.15, 0.2) is 0 Å². The summed E-state index contributed by atoms with van der Waals surface area (Å²) in [6, 6.07) is 1.82. The normalized spacial score (nSPS) is 15.2. The third-order valence-electron chi connectivity index (χ3n) is 3.24. The van der Waals surface area contributed by atoms with E-state index in [1.165, 1.54) is 7.11 Å². The van der Waals surface area contributed by atoms with Gasteiger partial charge in [-0.3, -0.25) is 4.90 Å². The predicted molar refractivity (Wildman–Crippen MR) is 66.3 cm³/mol. The Morgan fingerprint density at radius 3 is 3.26 bits per heavy atom. The van der Waals surface area contributed by atoms with Gasteiger partial charge in [0.25, 0.3) is 0 Å². The second kappa shape index (κ2) is 4.85. The molecule has 0 amide bonds. The van der Waals surface area contributed by atoms with E-state index in [4.69, 9.17) is 0 Å². The first-order chi connectivity index (χ1) is 9.26. The Hall–Kier alpha value is -2.15. The van der Waals surface area contributed by atoms with Gasteiger partial charge in [-0.15, -0.1) is 0 Å². The number of hydrogen-bond donors (Lipinski definition) is 1. The first-order valence-electron chi connectivity index (χ1n) is 6.11. The maximum atomic E-state index is 11.4. The van der Waals surface area contributed by atoms with E-state index in [2.05, 4.69) is 24.7 Å². The number of carbonyl (C=O) groups is 1. The maximum absolute atomic E-state index is 11.4. The van der Waals surface area contributed by atoms with E-state index in [1.807, 2.05) is 16.9 Å². The zero-order valence-corrected chi connectivity index (χ0v) is 10.7. The monoisotopic (exact) mass is 261 g/mol. The van der Waals surface area contributed by atoms with Crippen molar-refractivity contribution in [3.63, 3.8) is 0 Å². The molecule has 3 heterocycles. The van der Waals surface area contributed by atoms with Crippen molar-refractivity contribution < 1.29 is 9.53 Å². The second-order valence-electron chi connectivity index (χ2n) is 4.52. The summed E-state index contributed by atoms with van der Waals surface area (Å²) in [4.78, 5) is 20.8. The van der Waals surface area contributed by atoms with Crippen LogP contribution in [0.15, 0.2) is 18.6 Å². The molecule has 0 spiro atoms. The molecule has 19 heavy (non-hydrogen) atoms. The Labute approximate surface area is 110 Å². The molecule has 0 bridgehead atoms. The lowest BCUT2D eigenvalue weighted by Crippen LogP contribution is -2.33. The highest BCUT2D eigenvalue weighted by molar-refractivity contribution is 5.87. The Morgan fingerprint density at radius 2 is 2.42 bits per heavy atom. The van der Waals surface area contributed by atoms with E-state index in [0.29, 0.717) is 5.69 Å². The largest absolute Gasteiger partial charge is 0.464 e. The molecule has 0 saturated carbocycles. The van der Waals surface area contributed by atoms with Gasteiger partial charge >= 0.3 is 5.97 Å². The summed E-state index contributed by atoms with van der Waals surface area (Å²) >= 11 is 0. The number of nitrogens with one attached hydrogen (secondary N) is 1. The van der Waals surface area contributed by atoms with Crippen LogP contribution in [0, 0.1) is 0 Å². The van der Waals surface area contributed by atoms with Crippen molar-refractivity contribution in [3.8, 4) is 0 Å². The van der Waals surface area contributed by atoms with Crippen molar-refractivity contribution in [2.75, 3.05) is 13.7 Å². The fraction of sp³-hybridized carbons (Fsp3) is 0.417. The highest BCUT2D eigenvalue weighted by atomic mass is 16.5. The van der Waals surface area contributed by atoms with Crippen LogP contribution in [-0.4, -0.2) is 44.3 Å². The highest BCUT2D eigenvalue weighted by Crippen LogP contribution is 2.13. The van der Waals surface area contributed by atoms with Crippen LogP contribution in [0.25, 0.3) is 0 Å². The molecule has 0 fully saturated rings. The van der Waals surface area contributed by atoms with Crippen LogP contribution in [0.5, 0.6) is 0 Å². The van der Waals surface area contributed by atoms with Crippen LogP contribution >= 0.6 is 0 Å². The van der Waals surface area contributed by atoms with Crippen LogP contribution in [0.4, 0.5) is 0 Å². The maximum Gasteiger partial charge on any atom is 0.354 e. The van der Waals surface area contributed by atoms with Crippen molar-refractivity contribution in [3.05, 3.63) is 35.7 Å². The quantitative estimate of drug-likeness (QED) is 0.810. The zero-order chi connectivity index (χ0) is 13.2. The number of hydrogen-bond acceptors (Lipinski definition) is 5. The summed E-state index contributed by atoms with van der Waals surface area (Å²) in [6.45, 7) is 3.33. The number of fused-ring (bicyclic) bond motifs is 1. The molecule has 0 radical (unpaired) electrons. The molecule has 100 valence electrons. The van der Waals surface area contributed by atoms with Crippen LogP contribution in [0.2, 0.25) is 0 Å². The summed E-state index contributed by atoms with van der Waals surface area (Å²) in [7, 11) is 1.38. The predicted octanol–water partition coefficient (Wildman–Crippen LogP) is 0.409. The number of H-pyrrole nitrogens is 1. The molecule has 1 aliphatic heterocycles. The Balaban J connectivity index is 1.66. The number of aromatic amines is 1. The third-order valence-corrected chi connectivity index (χ3v) is 3.24. The summed E-state index contributed by atoms with van der Waals surface area (Å²) in [5.41, 5.74) is 1.55. The summed E-state index contributed by atoms with van der Waals surface area (Å²) < 4.78 is 6.59. The minimum absolute atomic E-state index is 0.343. The minimum atomic E-state index is -0.343. The van der Waals surface area contributed by atoms with Gasteiger partial charge in [-0.1, -0.05) is 0 Å². The molecular weight excluding hydrogens is 246 g/mol. The molecule has 3 rings (SSSR count). The van der Waals surface area contributed by atoms with Gasteiger partial charge < -0.3 is 9.72 Å². The van der Waals surface area contributed by atoms with E-state index >= 15 is 0 Å². The van der Waals surface area contributed by atoms with Gasteiger partial charge in [0, 0.05) is 19.3 Å². The number of aromatic nitrogens is 4. The second-order valence-corrected chi connectivity index (χ2v) is 4.52. The lowest BCUT2D eigenvalue weighted by molar-refractivity contribution is 0.0594. The molecule has 0 aliphatic carbocycles. The smallest absolute Gasteiger partial charge is 0.354 e. The van der Waals surface area contributed by atoms with Crippen molar-refractivity contribution >= 4 is 5.97 Å². The molecular formula is C12H15N5O2. The number of rotatable bonds is 3. The molecule has 1 N–H and O–H groups in total. The molecule has 0 aromatic carbocycles.